The number of likely N-dealkylation sites (tertiary alicyclic amines) is 1. The number of hydrogen-bond donors (Lipinski definition) is 3. The second kappa shape index (κ2) is 9.63. The monoisotopic (exact) mass is 458 g/mol. The number of nitrogens with zero attached hydrogens (tertiary/aromatic N) is 1. The van der Waals surface area contributed by atoms with Crippen LogP contribution >= 0.6 is 0 Å². The Morgan fingerprint density at radius 2 is 1.82 bits per heavy atom. The molecule has 0 bridgehead atoms. The summed E-state index contributed by atoms with van der Waals surface area (Å²) < 4.78 is 0. The number of H-pyrrole nitrogens is 1. The predicted molar refractivity (Wildman–Crippen MR) is 135 cm³/mol. The molecule has 0 aliphatic carbocycles. The van der Waals surface area contributed by atoms with E-state index >= 15 is 0 Å². The van der Waals surface area contributed by atoms with Crippen molar-refractivity contribution in [1.82, 2.24) is 20.5 Å². The Balaban J connectivity index is 1.26. The SMILES string of the molecule is CC(C)CC1NC(C(=O)N2CCC(NC(=O)c3ccccc3)CC2)Cc2c[nH]c3cccc1c23. The van der Waals surface area contributed by atoms with Crippen molar-refractivity contribution in [2.45, 2.75) is 57.7 Å². The highest BCUT2D eigenvalue weighted by Crippen LogP contribution is 2.34. The van der Waals surface area contributed by atoms with Gasteiger partial charge in [0, 0.05) is 47.8 Å². The second-order valence-electron chi connectivity index (χ2n) is 10.1. The van der Waals surface area contributed by atoms with Crippen LogP contribution < -0.4 is 10.6 Å². The highest BCUT2D eigenvalue weighted by Gasteiger charge is 2.34. The number of nitrogens with one attached hydrogen (secondary N) is 3. The summed E-state index contributed by atoms with van der Waals surface area (Å²) in [5, 5.41) is 8.14. The van der Waals surface area contributed by atoms with Crippen molar-refractivity contribution in [3.05, 3.63) is 71.4 Å². The van der Waals surface area contributed by atoms with E-state index in [1.54, 1.807) is 0 Å². The van der Waals surface area contributed by atoms with E-state index in [9.17, 15) is 9.59 Å². The lowest BCUT2D eigenvalue weighted by molar-refractivity contribution is -0.134. The molecule has 5 rings (SSSR count). The van der Waals surface area contributed by atoms with E-state index in [1.165, 1.54) is 16.5 Å². The molecule has 2 unspecified atom stereocenters. The second-order valence-corrected chi connectivity index (χ2v) is 10.1. The number of aromatic amines is 1. The molecule has 3 heterocycles. The number of rotatable bonds is 5. The molecular weight excluding hydrogens is 424 g/mol. The third-order valence-electron chi connectivity index (χ3n) is 7.20. The Bertz CT molecular complexity index is 1160. The maximum atomic E-state index is 13.6. The molecule has 2 atom stereocenters. The molecule has 0 radical (unpaired) electrons. The van der Waals surface area contributed by atoms with Crippen LogP contribution in [0.5, 0.6) is 0 Å². The summed E-state index contributed by atoms with van der Waals surface area (Å²) in [7, 11) is 0. The molecule has 1 fully saturated rings. The topological polar surface area (TPSA) is 77.2 Å². The van der Waals surface area contributed by atoms with Gasteiger partial charge in [0.1, 0.15) is 0 Å². The average Bonchev–Trinajstić information content (AvgIpc) is 3.19. The summed E-state index contributed by atoms with van der Waals surface area (Å²) >= 11 is 0. The number of aromatic nitrogens is 1. The van der Waals surface area contributed by atoms with Gasteiger partial charge >= 0.3 is 0 Å². The van der Waals surface area contributed by atoms with Gasteiger partial charge in [-0.25, -0.2) is 0 Å². The molecule has 2 aliphatic heterocycles. The summed E-state index contributed by atoms with van der Waals surface area (Å²) in [5.74, 6) is 0.651. The maximum absolute atomic E-state index is 13.6. The van der Waals surface area contributed by atoms with Gasteiger partial charge < -0.3 is 15.2 Å². The van der Waals surface area contributed by atoms with E-state index in [0.717, 1.165) is 24.8 Å². The first-order valence-corrected chi connectivity index (χ1v) is 12.5. The van der Waals surface area contributed by atoms with Crippen molar-refractivity contribution >= 4 is 22.7 Å². The predicted octanol–water partition coefficient (Wildman–Crippen LogP) is 4.19. The maximum Gasteiger partial charge on any atom is 0.251 e. The molecule has 2 amide bonds. The highest BCUT2D eigenvalue weighted by atomic mass is 16.2. The van der Waals surface area contributed by atoms with Gasteiger partial charge in [0.05, 0.1) is 6.04 Å². The highest BCUT2D eigenvalue weighted by molar-refractivity contribution is 5.94. The van der Waals surface area contributed by atoms with Crippen molar-refractivity contribution in [2.24, 2.45) is 5.92 Å². The van der Waals surface area contributed by atoms with Gasteiger partial charge in [-0.1, -0.05) is 44.2 Å². The quantitative estimate of drug-likeness (QED) is 0.537. The standard InChI is InChI=1S/C28H34N4O2/c1-18(2)15-24-22-9-6-10-23-26(22)20(17-29-23)16-25(31-24)28(34)32-13-11-21(12-14-32)30-27(33)19-7-4-3-5-8-19/h3-10,17-18,21,24-25,29,31H,11-16H2,1-2H3,(H,30,33). The third-order valence-corrected chi connectivity index (χ3v) is 7.20. The smallest absolute Gasteiger partial charge is 0.251 e. The number of hydrogen-bond acceptors (Lipinski definition) is 3. The first kappa shape index (κ1) is 22.7. The minimum atomic E-state index is -0.245. The van der Waals surface area contributed by atoms with Crippen molar-refractivity contribution < 1.29 is 9.59 Å². The third kappa shape index (κ3) is 4.60. The van der Waals surface area contributed by atoms with Gasteiger partial charge in [-0.3, -0.25) is 14.9 Å². The normalized spacial score (nSPS) is 21.0. The molecule has 178 valence electrons. The lowest BCUT2D eigenvalue weighted by atomic mass is 9.94. The van der Waals surface area contributed by atoms with Crippen molar-refractivity contribution in [3.8, 4) is 0 Å². The van der Waals surface area contributed by atoms with Crippen molar-refractivity contribution in [2.75, 3.05) is 13.1 Å². The van der Waals surface area contributed by atoms with Crippen LogP contribution in [0.1, 0.15) is 60.6 Å². The molecule has 0 spiro atoms. The van der Waals surface area contributed by atoms with Gasteiger partial charge in [-0.2, -0.15) is 0 Å². The molecule has 6 heteroatoms. The zero-order valence-electron chi connectivity index (χ0n) is 20.0. The Hall–Kier alpha value is -3.12. The van der Waals surface area contributed by atoms with Gasteiger partial charge in [0.25, 0.3) is 5.91 Å². The number of benzene rings is 2. The fraction of sp³-hybridized carbons (Fsp3) is 0.429. The molecular formula is C28H34N4O2. The van der Waals surface area contributed by atoms with E-state index in [1.807, 2.05) is 35.2 Å². The van der Waals surface area contributed by atoms with E-state index in [0.29, 0.717) is 31.0 Å². The number of piperidine rings is 1. The summed E-state index contributed by atoms with van der Waals surface area (Å²) in [6.45, 7) is 5.80. The van der Waals surface area contributed by atoms with Crippen LogP contribution in [-0.4, -0.2) is 46.9 Å². The van der Waals surface area contributed by atoms with Crippen molar-refractivity contribution in [3.63, 3.8) is 0 Å². The van der Waals surface area contributed by atoms with E-state index in [4.69, 9.17) is 0 Å². The molecule has 34 heavy (non-hydrogen) atoms. The van der Waals surface area contributed by atoms with E-state index < -0.39 is 0 Å². The fourth-order valence-electron chi connectivity index (χ4n) is 5.50. The molecule has 2 aromatic carbocycles. The fourth-order valence-corrected chi connectivity index (χ4v) is 5.50. The number of carbonyl (C=O) groups excluding carboxylic acids is 2. The van der Waals surface area contributed by atoms with Crippen LogP contribution in [-0.2, 0) is 11.2 Å². The average molecular weight is 459 g/mol. The largest absolute Gasteiger partial charge is 0.361 e. The number of amides is 2. The van der Waals surface area contributed by atoms with Crippen LogP contribution in [0.15, 0.2) is 54.7 Å². The molecule has 1 aromatic heterocycles. The van der Waals surface area contributed by atoms with Gasteiger partial charge in [-0.05, 0) is 60.9 Å². The lowest BCUT2D eigenvalue weighted by Crippen LogP contribution is -2.53. The van der Waals surface area contributed by atoms with Crippen LogP contribution in [0.4, 0.5) is 0 Å². The van der Waals surface area contributed by atoms with E-state index in [-0.39, 0.29) is 29.9 Å². The van der Waals surface area contributed by atoms with Gasteiger partial charge in [0.15, 0.2) is 0 Å². The van der Waals surface area contributed by atoms with Gasteiger partial charge in [-0.15, -0.1) is 0 Å². The zero-order valence-corrected chi connectivity index (χ0v) is 20.0. The van der Waals surface area contributed by atoms with Crippen molar-refractivity contribution in [1.29, 1.82) is 0 Å². The summed E-state index contributed by atoms with van der Waals surface area (Å²) in [4.78, 5) is 31.5. The Labute approximate surface area is 201 Å². The summed E-state index contributed by atoms with van der Waals surface area (Å²) in [6.07, 6.45) is 5.30. The molecule has 6 nitrogen and oxygen atoms in total. The minimum absolute atomic E-state index is 0.0402. The molecule has 1 saturated heterocycles. The lowest BCUT2D eigenvalue weighted by Gasteiger charge is -2.35. The zero-order chi connectivity index (χ0) is 23.7. The minimum Gasteiger partial charge on any atom is -0.361 e. The number of carbonyl (C=O) groups is 2. The first-order chi connectivity index (χ1) is 16.5. The Morgan fingerprint density at radius 3 is 2.56 bits per heavy atom. The van der Waals surface area contributed by atoms with Crippen LogP contribution in [0, 0.1) is 5.92 Å². The molecule has 2 aliphatic rings. The Morgan fingerprint density at radius 1 is 1.06 bits per heavy atom. The molecule has 3 aromatic rings. The van der Waals surface area contributed by atoms with E-state index in [2.05, 4.69) is 53.9 Å². The summed E-state index contributed by atoms with van der Waals surface area (Å²) in [5.41, 5.74) is 4.33. The first-order valence-electron chi connectivity index (χ1n) is 12.5. The van der Waals surface area contributed by atoms with Crippen LogP contribution in [0.3, 0.4) is 0 Å². The Kier molecular flexibility index (Phi) is 6.42. The summed E-state index contributed by atoms with van der Waals surface area (Å²) in [6, 6.07) is 15.7. The van der Waals surface area contributed by atoms with Gasteiger partial charge in [0.2, 0.25) is 5.91 Å². The van der Waals surface area contributed by atoms with Crippen LogP contribution in [0.2, 0.25) is 0 Å². The van der Waals surface area contributed by atoms with Crippen LogP contribution in [0.25, 0.3) is 10.9 Å². The molecule has 3 N–H and O–H groups in total. The molecule has 0 saturated carbocycles.